The number of fused-ring (bicyclic) bond motifs is 1. The molecular formula is C11H13NO3. The highest BCUT2D eigenvalue weighted by Crippen LogP contribution is 2.30. The Balaban J connectivity index is 2.00. The second-order valence-electron chi connectivity index (χ2n) is 3.82. The summed E-state index contributed by atoms with van der Waals surface area (Å²) < 4.78 is 0. The van der Waals surface area contributed by atoms with Crippen LogP contribution in [0.25, 0.3) is 0 Å². The van der Waals surface area contributed by atoms with Crippen LogP contribution in [0.5, 0.6) is 5.75 Å². The van der Waals surface area contributed by atoms with Crippen LogP contribution in [0, 0.1) is 0 Å². The molecule has 0 saturated heterocycles. The van der Waals surface area contributed by atoms with E-state index in [0.717, 1.165) is 17.7 Å². The summed E-state index contributed by atoms with van der Waals surface area (Å²) in [5.41, 5.74) is 2.06. The summed E-state index contributed by atoms with van der Waals surface area (Å²) in [5, 5.41) is 21.0. The van der Waals surface area contributed by atoms with Gasteiger partial charge in [0.15, 0.2) is 0 Å². The van der Waals surface area contributed by atoms with Gasteiger partial charge in [-0.25, -0.2) is 0 Å². The average molecular weight is 207 g/mol. The molecule has 4 heteroatoms. The van der Waals surface area contributed by atoms with Gasteiger partial charge in [-0.05, 0) is 24.5 Å². The normalized spacial score (nSPS) is 18.3. The summed E-state index contributed by atoms with van der Waals surface area (Å²) in [5.74, 6) is -0.532. The van der Waals surface area contributed by atoms with Crippen molar-refractivity contribution in [1.29, 1.82) is 0 Å². The predicted octanol–water partition coefficient (Wildman–Crippen LogP) is 1.59. The molecule has 0 aliphatic carbocycles. The van der Waals surface area contributed by atoms with Crippen molar-refractivity contribution in [1.82, 2.24) is 0 Å². The van der Waals surface area contributed by atoms with Crippen molar-refractivity contribution in [2.24, 2.45) is 0 Å². The second kappa shape index (κ2) is 3.81. The van der Waals surface area contributed by atoms with Crippen LogP contribution < -0.4 is 5.32 Å². The number of carbonyl (C=O) groups is 1. The number of carboxylic acids is 1. The molecule has 1 aromatic rings. The fraction of sp³-hybridized carbons (Fsp3) is 0.364. The average Bonchev–Trinajstić information content (AvgIpc) is 2.56. The minimum Gasteiger partial charge on any atom is -0.508 e. The first-order valence-corrected chi connectivity index (χ1v) is 4.95. The van der Waals surface area contributed by atoms with E-state index >= 15 is 0 Å². The van der Waals surface area contributed by atoms with E-state index in [1.807, 2.05) is 6.07 Å². The molecule has 0 bridgehead atoms. The highest BCUT2D eigenvalue weighted by Gasteiger charge is 2.20. The first-order chi connectivity index (χ1) is 7.15. The third-order valence-electron chi connectivity index (χ3n) is 2.63. The largest absolute Gasteiger partial charge is 0.508 e. The van der Waals surface area contributed by atoms with Crippen molar-refractivity contribution in [2.75, 3.05) is 5.32 Å². The summed E-state index contributed by atoms with van der Waals surface area (Å²) in [7, 11) is 0. The molecule has 2 rings (SSSR count). The predicted molar refractivity (Wildman–Crippen MR) is 56.1 cm³/mol. The molecule has 0 fully saturated rings. The molecule has 15 heavy (non-hydrogen) atoms. The van der Waals surface area contributed by atoms with Crippen LogP contribution in [-0.4, -0.2) is 22.2 Å². The SMILES string of the molecule is O=C(O)CCC1Cc2ccc(O)cc2N1. The summed E-state index contributed by atoms with van der Waals surface area (Å²) >= 11 is 0. The van der Waals surface area contributed by atoms with E-state index in [2.05, 4.69) is 5.32 Å². The number of aliphatic carboxylic acids is 1. The van der Waals surface area contributed by atoms with E-state index in [1.54, 1.807) is 12.1 Å². The molecule has 1 unspecified atom stereocenters. The quantitative estimate of drug-likeness (QED) is 0.704. The summed E-state index contributed by atoms with van der Waals surface area (Å²) in [6.45, 7) is 0. The minimum absolute atomic E-state index is 0.178. The molecule has 1 heterocycles. The lowest BCUT2D eigenvalue weighted by Gasteiger charge is -2.08. The van der Waals surface area contributed by atoms with Crippen LogP contribution in [0.4, 0.5) is 5.69 Å². The second-order valence-corrected chi connectivity index (χ2v) is 3.82. The number of carboxylic acid groups (broad SMARTS) is 1. The maximum Gasteiger partial charge on any atom is 0.303 e. The fourth-order valence-corrected chi connectivity index (χ4v) is 1.89. The third-order valence-corrected chi connectivity index (χ3v) is 2.63. The third kappa shape index (κ3) is 2.21. The molecule has 80 valence electrons. The van der Waals surface area contributed by atoms with Gasteiger partial charge in [-0.3, -0.25) is 4.79 Å². The van der Waals surface area contributed by atoms with Gasteiger partial charge in [0.2, 0.25) is 0 Å². The van der Waals surface area contributed by atoms with E-state index in [4.69, 9.17) is 5.11 Å². The van der Waals surface area contributed by atoms with E-state index in [9.17, 15) is 9.90 Å². The highest BCUT2D eigenvalue weighted by atomic mass is 16.4. The Labute approximate surface area is 87.6 Å². The standard InChI is InChI=1S/C11H13NO3/c13-9-3-1-7-5-8(2-4-11(14)15)12-10(7)6-9/h1,3,6,8,12-13H,2,4-5H2,(H,14,15). The number of aromatic hydroxyl groups is 1. The van der Waals surface area contributed by atoms with Gasteiger partial charge in [0.25, 0.3) is 0 Å². The van der Waals surface area contributed by atoms with Gasteiger partial charge in [0.1, 0.15) is 5.75 Å². The number of anilines is 1. The smallest absolute Gasteiger partial charge is 0.303 e. The van der Waals surface area contributed by atoms with Crippen molar-refractivity contribution >= 4 is 11.7 Å². The highest BCUT2D eigenvalue weighted by molar-refractivity contribution is 5.67. The minimum atomic E-state index is -0.768. The molecule has 0 amide bonds. The van der Waals surface area contributed by atoms with Crippen molar-refractivity contribution < 1.29 is 15.0 Å². The van der Waals surface area contributed by atoms with Crippen LogP contribution >= 0.6 is 0 Å². The molecule has 0 radical (unpaired) electrons. The van der Waals surface area contributed by atoms with Crippen molar-refractivity contribution in [3.63, 3.8) is 0 Å². The summed E-state index contributed by atoms with van der Waals surface area (Å²) in [6, 6.07) is 5.38. The van der Waals surface area contributed by atoms with Crippen LogP contribution in [0.15, 0.2) is 18.2 Å². The number of phenols is 1. The molecule has 1 aromatic carbocycles. The molecular weight excluding hydrogens is 194 g/mol. The Hall–Kier alpha value is -1.71. The number of hydrogen-bond donors (Lipinski definition) is 3. The number of hydrogen-bond acceptors (Lipinski definition) is 3. The Morgan fingerprint density at radius 2 is 2.33 bits per heavy atom. The lowest BCUT2D eigenvalue weighted by atomic mass is 10.1. The van der Waals surface area contributed by atoms with Crippen LogP contribution in [0.1, 0.15) is 18.4 Å². The van der Waals surface area contributed by atoms with Crippen molar-refractivity contribution in [2.45, 2.75) is 25.3 Å². The van der Waals surface area contributed by atoms with Gasteiger partial charge in [-0.2, -0.15) is 0 Å². The Morgan fingerprint density at radius 3 is 3.07 bits per heavy atom. The zero-order valence-corrected chi connectivity index (χ0v) is 8.23. The Bertz CT molecular complexity index is 389. The lowest BCUT2D eigenvalue weighted by molar-refractivity contribution is -0.137. The molecule has 1 aliphatic rings. The lowest BCUT2D eigenvalue weighted by Crippen LogP contribution is -2.16. The first-order valence-electron chi connectivity index (χ1n) is 4.95. The van der Waals surface area contributed by atoms with E-state index in [1.165, 1.54) is 0 Å². The Morgan fingerprint density at radius 1 is 1.53 bits per heavy atom. The van der Waals surface area contributed by atoms with Gasteiger partial charge >= 0.3 is 5.97 Å². The maximum absolute atomic E-state index is 10.4. The molecule has 3 N–H and O–H groups in total. The Kier molecular flexibility index (Phi) is 2.49. The molecule has 1 atom stereocenters. The van der Waals surface area contributed by atoms with Crippen LogP contribution in [0.3, 0.4) is 0 Å². The van der Waals surface area contributed by atoms with Gasteiger partial charge in [-0.15, -0.1) is 0 Å². The number of benzene rings is 1. The summed E-state index contributed by atoms with van der Waals surface area (Å²) in [6.07, 6.45) is 1.63. The molecule has 0 aromatic heterocycles. The van der Waals surface area contributed by atoms with E-state index in [0.29, 0.717) is 6.42 Å². The topological polar surface area (TPSA) is 69.6 Å². The van der Waals surface area contributed by atoms with Crippen molar-refractivity contribution in [3.8, 4) is 5.75 Å². The monoisotopic (exact) mass is 207 g/mol. The fourth-order valence-electron chi connectivity index (χ4n) is 1.89. The van der Waals surface area contributed by atoms with Gasteiger partial charge < -0.3 is 15.5 Å². The van der Waals surface area contributed by atoms with Crippen LogP contribution in [0.2, 0.25) is 0 Å². The molecule has 1 aliphatic heterocycles. The van der Waals surface area contributed by atoms with Gasteiger partial charge in [0.05, 0.1) is 0 Å². The van der Waals surface area contributed by atoms with E-state index in [-0.39, 0.29) is 18.2 Å². The number of phenolic OH excluding ortho intramolecular Hbond substituents is 1. The number of rotatable bonds is 3. The molecule has 0 spiro atoms. The van der Waals surface area contributed by atoms with Crippen LogP contribution in [-0.2, 0) is 11.2 Å². The molecule has 4 nitrogen and oxygen atoms in total. The van der Waals surface area contributed by atoms with Crippen molar-refractivity contribution in [3.05, 3.63) is 23.8 Å². The zero-order chi connectivity index (χ0) is 10.8. The van der Waals surface area contributed by atoms with Gasteiger partial charge in [-0.1, -0.05) is 6.07 Å². The number of nitrogens with one attached hydrogen (secondary N) is 1. The maximum atomic E-state index is 10.4. The van der Waals surface area contributed by atoms with E-state index < -0.39 is 5.97 Å². The first kappa shape index (κ1) is 9.83. The summed E-state index contributed by atoms with van der Waals surface area (Å²) in [4.78, 5) is 10.4. The van der Waals surface area contributed by atoms with Gasteiger partial charge in [0, 0.05) is 24.2 Å². The molecule has 0 saturated carbocycles. The zero-order valence-electron chi connectivity index (χ0n) is 8.23.